The lowest BCUT2D eigenvalue weighted by atomic mass is 10.1. The minimum atomic E-state index is -1.51. The topological polar surface area (TPSA) is 107 Å². The molecule has 144 valence electrons. The maximum atomic E-state index is 12.9. The van der Waals surface area contributed by atoms with E-state index in [1.165, 1.54) is 19.1 Å². The molecular formula is C20H19FN4O3. The van der Waals surface area contributed by atoms with E-state index in [9.17, 15) is 19.1 Å². The van der Waals surface area contributed by atoms with Gasteiger partial charge in [0.2, 0.25) is 5.91 Å². The van der Waals surface area contributed by atoms with Crippen LogP contribution in [0.4, 0.5) is 10.2 Å². The molecule has 1 heterocycles. The first kappa shape index (κ1) is 19.2. The van der Waals surface area contributed by atoms with Crippen LogP contribution in [0.2, 0.25) is 0 Å². The van der Waals surface area contributed by atoms with Crippen molar-refractivity contribution in [1.82, 2.24) is 15.5 Å². The van der Waals surface area contributed by atoms with E-state index in [0.717, 1.165) is 17.7 Å². The van der Waals surface area contributed by atoms with E-state index in [4.69, 9.17) is 0 Å². The van der Waals surface area contributed by atoms with Gasteiger partial charge in [0, 0.05) is 11.6 Å². The molecule has 8 heteroatoms. The third-order valence-electron chi connectivity index (χ3n) is 4.09. The Labute approximate surface area is 160 Å². The normalized spacial score (nSPS) is 12.8. The minimum Gasteiger partial charge on any atom is -0.378 e. The van der Waals surface area contributed by atoms with Crippen molar-refractivity contribution < 1.29 is 19.1 Å². The molecule has 3 rings (SSSR count). The fourth-order valence-corrected chi connectivity index (χ4v) is 2.54. The highest BCUT2D eigenvalue weighted by Crippen LogP contribution is 2.19. The van der Waals surface area contributed by atoms with Gasteiger partial charge in [0.25, 0.3) is 5.91 Å². The molecule has 0 aliphatic carbocycles. The number of aliphatic hydroxyl groups excluding tert-OH is 1. The lowest BCUT2D eigenvalue weighted by Gasteiger charge is -2.16. The van der Waals surface area contributed by atoms with Crippen LogP contribution in [0.3, 0.4) is 0 Å². The Morgan fingerprint density at radius 2 is 1.75 bits per heavy atom. The summed E-state index contributed by atoms with van der Waals surface area (Å²) in [5, 5.41) is 21.9. The van der Waals surface area contributed by atoms with Crippen molar-refractivity contribution in [3.8, 4) is 11.3 Å². The SMILES string of the molecule is CC(NC(=O)C(O)c1ccc(F)cc1)C(=O)Nc1cc(-c2ccccc2)n[nH]1. The van der Waals surface area contributed by atoms with Gasteiger partial charge in [-0.15, -0.1) is 0 Å². The first-order valence-electron chi connectivity index (χ1n) is 8.59. The first-order chi connectivity index (χ1) is 13.4. The molecule has 0 aliphatic rings. The number of benzene rings is 2. The van der Waals surface area contributed by atoms with Crippen molar-refractivity contribution >= 4 is 17.6 Å². The number of aromatic amines is 1. The lowest BCUT2D eigenvalue weighted by Crippen LogP contribution is -2.43. The molecule has 0 radical (unpaired) electrons. The highest BCUT2D eigenvalue weighted by molar-refractivity contribution is 5.97. The van der Waals surface area contributed by atoms with E-state index in [0.29, 0.717) is 11.5 Å². The second-order valence-corrected chi connectivity index (χ2v) is 6.21. The van der Waals surface area contributed by atoms with Crippen molar-refractivity contribution in [2.75, 3.05) is 5.32 Å². The number of aromatic nitrogens is 2. The Morgan fingerprint density at radius 1 is 1.07 bits per heavy atom. The molecule has 0 saturated heterocycles. The van der Waals surface area contributed by atoms with E-state index in [1.54, 1.807) is 6.07 Å². The van der Waals surface area contributed by atoms with Gasteiger partial charge in [0.1, 0.15) is 17.7 Å². The highest BCUT2D eigenvalue weighted by Gasteiger charge is 2.22. The quantitative estimate of drug-likeness (QED) is 0.525. The standard InChI is InChI=1S/C20H19FN4O3/c1-12(22-20(28)18(26)14-7-9-15(21)10-8-14)19(27)23-17-11-16(24-25-17)13-5-3-2-4-6-13/h2-12,18,26H,1H3,(H,22,28)(H2,23,24,25,27). The fraction of sp³-hybridized carbons (Fsp3) is 0.150. The number of nitrogens with one attached hydrogen (secondary N) is 3. The zero-order chi connectivity index (χ0) is 20.1. The van der Waals surface area contributed by atoms with Gasteiger partial charge in [-0.25, -0.2) is 4.39 Å². The lowest BCUT2D eigenvalue weighted by molar-refractivity contribution is -0.132. The molecule has 1 aromatic heterocycles. The van der Waals surface area contributed by atoms with Crippen molar-refractivity contribution in [2.45, 2.75) is 19.1 Å². The van der Waals surface area contributed by atoms with Crippen molar-refractivity contribution in [3.63, 3.8) is 0 Å². The van der Waals surface area contributed by atoms with Crippen LogP contribution in [-0.4, -0.2) is 33.2 Å². The van der Waals surface area contributed by atoms with E-state index < -0.39 is 29.8 Å². The van der Waals surface area contributed by atoms with Crippen LogP contribution in [0.15, 0.2) is 60.7 Å². The summed E-state index contributed by atoms with van der Waals surface area (Å²) in [6.07, 6.45) is -1.51. The van der Waals surface area contributed by atoms with Gasteiger partial charge in [-0.2, -0.15) is 5.10 Å². The number of H-pyrrole nitrogens is 1. The van der Waals surface area contributed by atoms with Crippen LogP contribution in [0.25, 0.3) is 11.3 Å². The molecule has 2 aromatic carbocycles. The zero-order valence-electron chi connectivity index (χ0n) is 15.0. The van der Waals surface area contributed by atoms with Crippen molar-refractivity contribution in [3.05, 3.63) is 72.0 Å². The Balaban J connectivity index is 1.58. The largest absolute Gasteiger partial charge is 0.378 e. The van der Waals surface area contributed by atoms with Crippen molar-refractivity contribution in [2.24, 2.45) is 0 Å². The fourth-order valence-electron chi connectivity index (χ4n) is 2.54. The van der Waals surface area contributed by atoms with E-state index in [1.807, 2.05) is 30.3 Å². The molecule has 2 unspecified atom stereocenters. The maximum absolute atomic E-state index is 12.9. The van der Waals surface area contributed by atoms with E-state index >= 15 is 0 Å². The number of hydrogen-bond acceptors (Lipinski definition) is 4. The summed E-state index contributed by atoms with van der Waals surface area (Å²) < 4.78 is 12.9. The van der Waals surface area contributed by atoms with Gasteiger partial charge in [-0.05, 0) is 24.6 Å². The molecular weight excluding hydrogens is 363 g/mol. The third-order valence-corrected chi connectivity index (χ3v) is 4.09. The number of carbonyl (C=O) groups excluding carboxylic acids is 2. The summed E-state index contributed by atoms with van der Waals surface area (Å²) in [4.78, 5) is 24.4. The van der Waals surface area contributed by atoms with Gasteiger partial charge in [-0.1, -0.05) is 42.5 Å². The summed E-state index contributed by atoms with van der Waals surface area (Å²) in [6, 6.07) is 15.1. The molecule has 28 heavy (non-hydrogen) atoms. The molecule has 0 bridgehead atoms. The minimum absolute atomic E-state index is 0.229. The van der Waals surface area contributed by atoms with Crippen molar-refractivity contribution in [1.29, 1.82) is 0 Å². The molecule has 7 nitrogen and oxygen atoms in total. The number of aliphatic hydroxyl groups is 1. The van der Waals surface area contributed by atoms with Gasteiger partial charge in [-0.3, -0.25) is 14.7 Å². The number of nitrogens with zero attached hydrogens (tertiary/aromatic N) is 1. The molecule has 4 N–H and O–H groups in total. The van der Waals surface area contributed by atoms with Gasteiger partial charge in [0.15, 0.2) is 6.10 Å². The van der Waals surface area contributed by atoms with E-state index in [-0.39, 0.29) is 5.56 Å². The Kier molecular flexibility index (Phi) is 5.81. The summed E-state index contributed by atoms with van der Waals surface area (Å²) in [5.74, 6) is -1.34. The predicted molar refractivity (Wildman–Crippen MR) is 102 cm³/mol. The Morgan fingerprint density at radius 3 is 2.43 bits per heavy atom. The second-order valence-electron chi connectivity index (χ2n) is 6.21. The highest BCUT2D eigenvalue weighted by atomic mass is 19.1. The Hall–Kier alpha value is -3.52. The zero-order valence-corrected chi connectivity index (χ0v) is 15.0. The van der Waals surface area contributed by atoms with Crippen LogP contribution < -0.4 is 10.6 Å². The summed E-state index contributed by atoms with van der Waals surface area (Å²) in [6.45, 7) is 1.49. The van der Waals surface area contributed by atoms with Crippen LogP contribution in [0.1, 0.15) is 18.6 Å². The predicted octanol–water partition coefficient (Wildman–Crippen LogP) is 2.39. The molecule has 0 aliphatic heterocycles. The molecule has 0 fully saturated rings. The molecule has 3 aromatic rings. The summed E-state index contributed by atoms with van der Waals surface area (Å²) in [7, 11) is 0. The molecule has 0 saturated carbocycles. The average molecular weight is 382 g/mol. The number of hydrogen-bond donors (Lipinski definition) is 4. The van der Waals surface area contributed by atoms with Gasteiger partial charge >= 0.3 is 0 Å². The maximum Gasteiger partial charge on any atom is 0.254 e. The second kappa shape index (κ2) is 8.45. The number of anilines is 1. The number of rotatable bonds is 6. The molecule has 2 amide bonds. The number of carbonyl (C=O) groups is 2. The summed E-state index contributed by atoms with van der Waals surface area (Å²) >= 11 is 0. The van der Waals surface area contributed by atoms with Gasteiger partial charge < -0.3 is 15.7 Å². The number of amides is 2. The smallest absolute Gasteiger partial charge is 0.254 e. The van der Waals surface area contributed by atoms with Crippen LogP contribution in [0, 0.1) is 5.82 Å². The van der Waals surface area contributed by atoms with Gasteiger partial charge in [0.05, 0.1) is 5.69 Å². The number of halogens is 1. The molecule has 2 atom stereocenters. The van der Waals surface area contributed by atoms with E-state index in [2.05, 4.69) is 20.8 Å². The summed E-state index contributed by atoms with van der Waals surface area (Å²) in [5.41, 5.74) is 1.79. The van der Waals surface area contributed by atoms with Crippen LogP contribution in [0.5, 0.6) is 0 Å². The monoisotopic (exact) mass is 382 g/mol. The van der Waals surface area contributed by atoms with Crippen LogP contribution >= 0.6 is 0 Å². The Bertz CT molecular complexity index is 957. The molecule has 0 spiro atoms. The van der Waals surface area contributed by atoms with Crippen LogP contribution in [-0.2, 0) is 9.59 Å². The average Bonchev–Trinajstić information content (AvgIpc) is 3.17. The first-order valence-corrected chi connectivity index (χ1v) is 8.59. The third kappa shape index (κ3) is 4.60.